The van der Waals surface area contributed by atoms with E-state index >= 15 is 0 Å². The van der Waals surface area contributed by atoms with Crippen molar-refractivity contribution in [1.29, 1.82) is 0 Å². The van der Waals surface area contributed by atoms with Crippen molar-refractivity contribution in [3.05, 3.63) is 78.6 Å². The molecular weight excluding hydrogens is 763 g/mol. The number of aromatic nitrogens is 5. The van der Waals surface area contributed by atoms with Gasteiger partial charge in [0.15, 0.2) is 5.65 Å². The Balaban J connectivity index is 1.03. The molecule has 0 aliphatic carbocycles. The fraction of sp³-hybridized carbons (Fsp3) is 0.444. The van der Waals surface area contributed by atoms with Crippen molar-refractivity contribution in [3.63, 3.8) is 0 Å². The number of pyridine rings is 1. The first kappa shape index (κ1) is 41.9. The van der Waals surface area contributed by atoms with Crippen LogP contribution in [0.25, 0.3) is 44.7 Å². The lowest BCUT2D eigenvalue weighted by atomic mass is 10.00. The molecule has 0 radical (unpaired) electrons. The highest BCUT2D eigenvalue weighted by molar-refractivity contribution is 5.87. The monoisotopic (exact) mass is 817 g/mol. The average Bonchev–Trinajstić information content (AvgIpc) is 4.06. The number of methoxy groups -OCH3 is 2. The van der Waals surface area contributed by atoms with Crippen molar-refractivity contribution in [2.24, 2.45) is 23.7 Å². The van der Waals surface area contributed by atoms with Crippen LogP contribution in [0, 0.1) is 23.7 Å². The summed E-state index contributed by atoms with van der Waals surface area (Å²) >= 11 is 0. The second kappa shape index (κ2) is 17.5. The van der Waals surface area contributed by atoms with Crippen LogP contribution in [0.15, 0.2) is 67.0 Å². The Morgan fingerprint density at radius 1 is 0.650 bits per heavy atom. The first-order valence-corrected chi connectivity index (χ1v) is 20.7. The molecule has 0 spiro atoms. The summed E-state index contributed by atoms with van der Waals surface area (Å²) in [5, 5.41) is 5.42. The van der Waals surface area contributed by atoms with Gasteiger partial charge in [0.25, 0.3) is 0 Å². The van der Waals surface area contributed by atoms with Gasteiger partial charge in [0, 0.05) is 24.8 Å². The van der Waals surface area contributed by atoms with E-state index < -0.39 is 24.3 Å². The van der Waals surface area contributed by atoms with E-state index in [9.17, 15) is 19.2 Å². The Bertz CT molecular complexity index is 2340. The molecule has 2 aromatic carbocycles. The molecule has 2 aliphatic heterocycles. The number of carbonyl (C=O) groups excluding carboxylic acids is 4. The zero-order chi connectivity index (χ0) is 42.8. The number of alkyl carbamates (subject to hydrolysis) is 2. The molecular formula is C45H55N9O6. The number of nitrogens with zero attached hydrogens (tertiary/aromatic N) is 5. The predicted octanol–water partition coefficient (Wildman–Crippen LogP) is 7.26. The SMILES string of the molecule is COC(=O)NC(C(=O)N1C[C@@H](C)C[C@H]1c1ncc(-c2ccc(-c3ccc(-c4cnc5nc([C@@H]6C[C@H](C)CN6C(=O)[C@H](NC(=O)OC)C(C)C)[nH]c5c4)cc3)cc2)[nH]1)C(C)C. The molecule has 2 fully saturated rings. The molecule has 4 N–H and O–H groups in total. The van der Waals surface area contributed by atoms with Crippen molar-refractivity contribution < 1.29 is 28.7 Å². The van der Waals surface area contributed by atoms with Gasteiger partial charge in [-0.2, -0.15) is 0 Å². The van der Waals surface area contributed by atoms with Crippen LogP contribution in [0.4, 0.5) is 9.59 Å². The van der Waals surface area contributed by atoms with E-state index in [0.29, 0.717) is 24.6 Å². The minimum Gasteiger partial charge on any atom is -0.453 e. The lowest BCUT2D eigenvalue weighted by molar-refractivity contribution is -0.136. The number of ether oxygens (including phenoxy) is 2. The first-order valence-electron chi connectivity index (χ1n) is 20.7. The Morgan fingerprint density at radius 3 is 1.60 bits per heavy atom. The zero-order valence-corrected chi connectivity index (χ0v) is 35.5. The van der Waals surface area contributed by atoms with Crippen molar-refractivity contribution in [1.82, 2.24) is 45.4 Å². The van der Waals surface area contributed by atoms with Gasteiger partial charge >= 0.3 is 12.2 Å². The van der Waals surface area contributed by atoms with Crippen molar-refractivity contribution in [2.45, 2.75) is 78.6 Å². The highest BCUT2D eigenvalue weighted by atomic mass is 16.5. The number of carbonyl (C=O) groups is 4. The average molecular weight is 818 g/mol. The molecule has 15 heteroatoms. The molecule has 60 heavy (non-hydrogen) atoms. The van der Waals surface area contributed by atoms with Crippen LogP contribution in [0.1, 0.15) is 78.1 Å². The summed E-state index contributed by atoms with van der Waals surface area (Å²) in [4.78, 5) is 76.3. The third kappa shape index (κ3) is 8.70. The zero-order valence-electron chi connectivity index (χ0n) is 35.5. The van der Waals surface area contributed by atoms with Crippen molar-refractivity contribution >= 4 is 35.2 Å². The molecule has 1 unspecified atom stereocenters. The highest BCUT2D eigenvalue weighted by Gasteiger charge is 2.41. The quantitative estimate of drug-likeness (QED) is 0.106. The summed E-state index contributed by atoms with van der Waals surface area (Å²) in [7, 11) is 2.58. The Hall–Kier alpha value is -6.25. The van der Waals surface area contributed by atoms with Gasteiger partial charge in [-0.1, -0.05) is 90.1 Å². The van der Waals surface area contributed by atoms with E-state index in [1.54, 1.807) is 0 Å². The van der Waals surface area contributed by atoms with Crippen molar-refractivity contribution in [2.75, 3.05) is 27.3 Å². The van der Waals surface area contributed by atoms with Gasteiger partial charge in [0.1, 0.15) is 23.7 Å². The standard InChI is InChI=1S/C45H55N9O6/c1-24(2)37(50-44(57)59-7)42(55)53-22-26(5)17-35(53)40-47-21-34(49-40)31-15-13-29(14-16-31)28-9-11-30(12-10-28)32-19-33-39(46-20-32)52-41(48-33)36-18-27(6)23-54(36)43(56)38(25(3)4)51-45(58)60-8/h9-16,19-21,24-27,35-38H,17-18,22-23H2,1-8H3,(H,47,49)(H,50,57)(H,51,58)(H,46,48,52)/t26-,27-,35-,36-,37?,38+/m0/s1. The van der Waals surface area contributed by atoms with Crippen LogP contribution in [0.3, 0.4) is 0 Å². The Kier molecular flexibility index (Phi) is 12.2. The molecule has 4 amide bonds. The number of amides is 4. The van der Waals surface area contributed by atoms with Gasteiger partial charge in [-0.3, -0.25) is 9.59 Å². The second-order valence-corrected chi connectivity index (χ2v) is 17.0. The summed E-state index contributed by atoms with van der Waals surface area (Å²) in [6, 6.07) is 16.7. The lowest BCUT2D eigenvalue weighted by Gasteiger charge is -2.30. The van der Waals surface area contributed by atoms with Crippen molar-refractivity contribution in [3.8, 4) is 33.5 Å². The van der Waals surface area contributed by atoms with Gasteiger partial charge in [-0.25, -0.2) is 24.5 Å². The van der Waals surface area contributed by atoms with Crippen LogP contribution in [0.2, 0.25) is 0 Å². The topological polar surface area (TPSA) is 188 Å². The van der Waals surface area contributed by atoms with Gasteiger partial charge in [0.05, 0.1) is 43.7 Å². The molecule has 2 saturated heterocycles. The van der Waals surface area contributed by atoms with E-state index in [2.05, 4.69) is 88.0 Å². The number of benzene rings is 2. The number of rotatable bonds is 11. The molecule has 5 aromatic rings. The largest absolute Gasteiger partial charge is 0.453 e. The van der Waals surface area contributed by atoms with E-state index in [0.717, 1.165) is 57.7 Å². The number of likely N-dealkylation sites (tertiary alicyclic amines) is 2. The first-order chi connectivity index (χ1) is 28.7. The van der Waals surface area contributed by atoms with Gasteiger partial charge < -0.3 is 39.9 Å². The van der Waals surface area contributed by atoms with E-state index in [1.165, 1.54) is 14.2 Å². The molecule has 2 aliphatic rings. The second-order valence-electron chi connectivity index (χ2n) is 17.0. The van der Waals surface area contributed by atoms with Gasteiger partial charge in [-0.15, -0.1) is 0 Å². The van der Waals surface area contributed by atoms with Gasteiger partial charge in [0.2, 0.25) is 11.8 Å². The summed E-state index contributed by atoms with van der Waals surface area (Å²) in [6.45, 7) is 13.0. The summed E-state index contributed by atoms with van der Waals surface area (Å²) in [6.07, 6.45) is 3.87. The molecule has 7 rings (SSSR count). The molecule has 0 bridgehead atoms. The maximum atomic E-state index is 13.8. The smallest absolute Gasteiger partial charge is 0.407 e. The van der Waals surface area contributed by atoms with E-state index in [-0.39, 0.29) is 47.6 Å². The Labute approximate surface area is 350 Å². The molecule has 5 heterocycles. The number of H-pyrrole nitrogens is 2. The molecule has 6 atom stereocenters. The maximum Gasteiger partial charge on any atom is 0.407 e. The lowest BCUT2D eigenvalue weighted by Crippen LogP contribution is -2.51. The Morgan fingerprint density at radius 2 is 1.12 bits per heavy atom. The van der Waals surface area contributed by atoms with Crippen LogP contribution < -0.4 is 10.6 Å². The van der Waals surface area contributed by atoms with Crippen LogP contribution in [0.5, 0.6) is 0 Å². The predicted molar refractivity (Wildman–Crippen MR) is 227 cm³/mol. The fourth-order valence-electron chi connectivity index (χ4n) is 8.44. The van der Waals surface area contributed by atoms with Crippen LogP contribution >= 0.6 is 0 Å². The molecule has 0 saturated carbocycles. The maximum absolute atomic E-state index is 13.8. The number of imidazole rings is 2. The van der Waals surface area contributed by atoms with Crippen LogP contribution in [-0.2, 0) is 19.1 Å². The number of fused-ring (bicyclic) bond motifs is 1. The highest BCUT2D eigenvalue weighted by Crippen LogP contribution is 2.38. The molecule has 15 nitrogen and oxygen atoms in total. The van der Waals surface area contributed by atoms with Gasteiger partial charge in [-0.05, 0) is 64.8 Å². The third-order valence-corrected chi connectivity index (χ3v) is 11.7. The summed E-state index contributed by atoms with van der Waals surface area (Å²) in [5.41, 5.74) is 7.23. The third-order valence-electron chi connectivity index (χ3n) is 11.7. The van der Waals surface area contributed by atoms with E-state index in [1.807, 2.05) is 56.0 Å². The minimum atomic E-state index is -0.717. The molecule has 3 aromatic heterocycles. The number of nitrogens with one attached hydrogen (secondary N) is 4. The van der Waals surface area contributed by atoms with E-state index in [4.69, 9.17) is 19.4 Å². The summed E-state index contributed by atoms with van der Waals surface area (Å²) in [5.74, 6) is 1.38. The normalized spacial score (nSPS) is 20.1. The fourth-order valence-corrected chi connectivity index (χ4v) is 8.44. The summed E-state index contributed by atoms with van der Waals surface area (Å²) < 4.78 is 9.57. The number of aromatic amines is 2. The minimum absolute atomic E-state index is 0.116. The number of hydrogen-bond donors (Lipinski definition) is 4. The number of hydrogen-bond acceptors (Lipinski definition) is 9. The van der Waals surface area contributed by atoms with Crippen LogP contribution in [-0.4, -0.2) is 98.1 Å². The molecule has 316 valence electrons.